The van der Waals surface area contributed by atoms with Gasteiger partial charge in [0.25, 0.3) is 0 Å². The summed E-state index contributed by atoms with van der Waals surface area (Å²) in [5.74, 6) is 0.840. The van der Waals surface area contributed by atoms with Crippen molar-refractivity contribution < 1.29 is 4.74 Å². The number of aromatic nitrogens is 2. The number of ether oxygens (including phenoxy) is 1. The number of fused-ring (bicyclic) bond motifs is 1. The van der Waals surface area contributed by atoms with E-state index in [2.05, 4.69) is 64.3 Å². The van der Waals surface area contributed by atoms with Crippen LogP contribution in [0.4, 0.5) is 0 Å². The van der Waals surface area contributed by atoms with E-state index in [1.165, 1.54) is 16.5 Å². The fraction of sp³-hybridized carbons (Fsp3) is 0.0952. The van der Waals surface area contributed by atoms with Crippen LogP contribution in [0, 0.1) is 0 Å². The lowest BCUT2D eigenvalue weighted by atomic mass is 10.1. The van der Waals surface area contributed by atoms with Crippen molar-refractivity contribution in [1.82, 2.24) is 9.55 Å². The second kappa shape index (κ2) is 6.20. The van der Waals surface area contributed by atoms with Crippen LogP contribution in [0.2, 0.25) is 0 Å². The van der Waals surface area contributed by atoms with Gasteiger partial charge in [-0.05, 0) is 17.7 Å². The first kappa shape index (κ1) is 14.5. The zero-order valence-electron chi connectivity index (χ0n) is 13.5. The Hall–Kier alpha value is -3.07. The van der Waals surface area contributed by atoms with Gasteiger partial charge in [-0.2, -0.15) is 0 Å². The lowest BCUT2D eigenvalue weighted by molar-refractivity contribution is 0.416. The molecule has 0 amide bonds. The molecule has 0 saturated heterocycles. The van der Waals surface area contributed by atoms with Crippen molar-refractivity contribution in [1.29, 1.82) is 0 Å². The third-order valence-corrected chi connectivity index (χ3v) is 4.28. The number of para-hydroxylation sites is 1. The van der Waals surface area contributed by atoms with Crippen molar-refractivity contribution in [3.05, 3.63) is 84.8 Å². The Morgan fingerprint density at radius 3 is 2.54 bits per heavy atom. The zero-order chi connectivity index (χ0) is 16.4. The van der Waals surface area contributed by atoms with E-state index in [0.29, 0.717) is 0 Å². The molecule has 24 heavy (non-hydrogen) atoms. The average molecular weight is 314 g/mol. The maximum atomic E-state index is 5.53. The molecule has 4 rings (SSSR count). The molecule has 0 fully saturated rings. The summed E-state index contributed by atoms with van der Waals surface area (Å²) >= 11 is 0. The van der Waals surface area contributed by atoms with Crippen LogP contribution >= 0.6 is 0 Å². The number of benzene rings is 2. The second-order valence-corrected chi connectivity index (χ2v) is 5.75. The number of pyridine rings is 1. The Labute approximate surface area is 141 Å². The molecule has 2 heterocycles. The Bertz CT molecular complexity index is 973. The number of methoxy groups -OCH3 is 1. The van der Waals surface area contributed by atoms with Crippen molar-refractivity contribution in [2.24, 2.45) is 0 Å². The molecule has 2 aromatic carbocycles. The Morgan fingerprint density at radius 1 is 0.917 bits per heavy atom. The SMILES string of the molecule is COc1ccncc1-c1cn(Cc2ccccc2)c2ccccc12. The van der Waals surface area contributed by atoms with Gasteiger partial charge < -0.3 is 9.30 Å². The van der Waals surface area contributed by atoms with Gasteiger partial charge in [-0.1, -0.05) is 48.5 Å². The minimum atomic E-state index is 0.837. The standard InChI is InChI=1S/C21H18N2O/c1-24-21-11-12-22-13-18(21)19-15-23(14-16-7-3-2-4-8-16)20-10-6-5-9-17(19)20/h2-13,15H,14H2,1H3. The van der Waals surface area contributed by atoms with E-state index in [1.54, 1.807) is 13.3 Å². The summed E-state index contributed by atoms with van der Waals surface area (Å²) in [6, 6.07) is 20.9. The fourth-order valence-electron chi connectivity index (χ4n) is 3.13. The van der Waals surface area contributed by atoms with Gasteiger partial charge in [0, 0.05) is 47.2 Å². The Morgan fingerprint density at radius 2 is 1.71 bits per heavy atom. The van der Waals surface area contributed by atoms with Gasteiger partial charge in [0.1, 0.15) is 5.75 Å². The molecule has 2 aromatic heterocycles. The van der Waals surface area contributed by atoms with Crippen LogP contribution in [-0.2, 0) is 6.54 Å². The highest BCUT2D eigenvalue weighted by Gasteiger charge is 2.13. The zero-order valence-corrected chi connectivity index (χ0v) is 13.5. The van der Waals surface area contributed by atoms with Crippen LogP contribution in [0.25, 0.3) is 22.0 Å². The van der Waals surface area contributed by atoms with Crippen molar-refractivity contribution >= 4 is 10.9 Å². The number of nitrogens with zero attached hydrogens (tertiary/aromatic N) is 2. The van der Waals surface area contributed by atoms with Gasteiger partial charge in [0.2, 0.25) is 0 Å². The summed E-state index contributed by atoms with van der Waals surface area (Å²) in [6.45, 7) is 0.837. The van der Waals surface area contributed by atoms with E-state index in [4.69, 9.17) is 4.74 Å². The number of hydrogen-bond donors (Lipinski definition) is 0. The van der Waals surface area contributed by atoms with Crippen molar-refractivity contribution in [3.63, 3.8) is 0 Å². The number of rotatable bonds is 4. The maximum absolute atomic E-state index is 5.53. The highest BCUT2D eigenvalue weighted by atomic mass is 16.5. The van der Waals surface area contributed by atoms with Gasteiger partial charge in [-0.3, -0.25) is 4.98 Å². The van der Waals surface area contributed by atoms with Gasteiger partial charge in [-0.25, -0.2) is 0 Å². The minimum absolute atomic E-state index is 0.837. The molecule has 0 aliphatic heterocycles. The Balaban J connectivity index is 1.88. The molecular formula is C21H18N2O. The first-order chi connectivity index (χ1) is 11.9. The van der Waals surface area contributed by atoms with Crippen molar-refractivity contribution in [2.45, 2.75) is 6.54 Å². The molecule has 0 spiro atoms. The molecule has 3 nitrogen and oxygen atoms in total. The molecule has 0 radical (unpaired) electrons. The molecule has 0 saturated carbocycles. The normalized spacial score (nSPS) is 10.9. The molecule has 0 aliphatic carbocycles. The second-order valence-electron chi connectivity index (χ2n) is 5.75. The number of hydrogen-bond acceptors (Lipinski definition) is 2. The molecule has 0 aliphatic rings. The lowest BCUT2D eigenvalue weighted by Gasteiger charge is -2.06. The first-order valence-electron chi connectivity index (χ1n) is 7.97. The summed E-state index contributed by atoms with van der Waals surface area (Å²) in [5.41, 5.74) is 4.65. The smallest absolute Gasteiger partial charge is 0.129 e. The largest absolute Gasteiger partial charge is 0.496 e. The molecule has 0 atom stereocenters. The van der Waals surface area contributed by atoms with Crippen LogP contribution in [0.3, 0.4) is 0 Å². The van der Waals surface area contributed by atoms with Crippen LogP contribution < -0.4 is 4.74 Å². The summed E-state index contributed by atoms with van der Waals surface area (Å²) in [4.78, 5) is 4.28. The Kier molecular flexibility index (Phi) is 3.75. The van der Waals surface area contributed by atoms with E-state index in [1.807, 2.05) is 18.3 Å². The minimum Gasteiger partial charge on any atom is -0.496 e. The van der Waals surface area contributed by atoms with E-state index in [9.17, 15) is 0 Å². The summed E-state index contributed by atoms with van der Waals surface area (Å²) in [5, 5.41) is 1.21. The van der Waals surface area contributed by atoms with Crippen molar-refractivity contribution in [2.75, 3.05) is 7.11 Å². The summed E-state index contributed by atoms with van der Waals surface area (Å²) < 4.78 is 7.81. The fourth-order valence-corrected chi connectivity index (χ4v) is 3.13. The third-order valence-electron chi connectivity index (χ3n) is 4.28. The quantitative estimate of drug-likeness (QED) is 0.543. The molecule has 118 valence electrons. The average Bonchev–Trinajstić information content (AvgIpc) is 3.01. The van der Waals surface area contributed by atoms with Gasteiger partial charge >= 0.3 is 0 Å². The van der Waals surface area contributed by atoms with Crippen LogP contribution in [0.15, 0.2) is 79.3 Å². The highest BCUT2D eigenvalue weighted by molar-refractivity contribution is 5.97. The van der Waals surface area contributed by atoms with Crippen LogP contribution in [0.1, 0.15) is 5.56 Å². The van der Waals surface area contributed by atoms with E-state index in [0.717, 1.165) is 23.4 Å². The topological polar surface area (TPSA) is 27.1 Å². The lowest BCUT2D eigenvalue weighted by Crippen LogP contribution is -1.97. The van der Waals surface area contributed by atoms with Crippen molar-refractivity contribution in [3.8, 4) is 16.9 Å². The first-order valence-corrected chi connectivity index (χ1v) is 7.97. The predicted molar refractivity (Wildman–Crippen MR) is 97.3 cm³/mol. The summed E-state index contributed by atoms with van der Waals surface area (Å²) in [7, 11) is 1.70. The van der Waals surface area contributed by atoms with Crippen LogP contribution in [0.5, 0.6) is 5.75 Å². The maximum Gasteiger partial charge on any atom is 0.129 e. The van der Waals surface area contributed by atoms with E-state index < -0.39 is 0 Å². The molecular weight excluding hydrogens is 296 g/mol. The van der Waals surface area contributed by atoms with E-state index in [-0.39, 0.29) is 0 Å². The molecule has 0 unspecified atom stereocenters. The van der Waals surface area contributed by atoms with Gasteiger partial charge in [0.05, 0.1) is 7.11 Å². The van der Waals surface area contributed by atoms with Crippen LogP contribution in [-0.4, -0.2) is 16.7 Å². The predicted octanol–water partition coefficient (Wildman–Crippen LogP) is 4.76. The molecule has 3 heteroatoms. The summed E-state index contributed by atoms with van der Waals surface area (Å²) in [6.07, 6.45) is 5.82. The molecule has 0 N–H and O–H groups in total. The molecule has 0 bridgehead atoms. The van der Waals surface area contributed by atoms with Gasteiger partial charge in [-0.15, -0.1) is 0 Å². The monoisotopic (exact) mass is 314 g/mol. The van der Waals surface area contributed by atoms with Gasteiger partial charge in [0.15, 0.2) is 0 Å². The highest BCUT2D eigenvalue weighted by Crippen LogP contribution is 2.35. The third kappa shape index (κ3) is 2.54. The molecule has 4 aromatic rings. The van der Waals surface area contributed by atoms with E-state index >= 15 is 0 Å².